The third-order valence-electron chi connectivity index (χ3n) is 3.03. The van der Waals surface area contributed by atoms with E-state index in [-0.39, 0.29) is 5.78 Å². The van der Waals surface area contributed by atoms with Crippen LogP contribution in [0.5, 0.6) is 0 Å². The number of aromatic nitrogens is 2. The monoisotopic (exact) mass is 240 g/mol. The zero-order valence-corrected chi connectivity index (χ0v) is 10.9. The number of benzene rings is 1. The van der Waals surface area contributed by atoms with Gasteiger partial charge in [0.25, 0.3) is 0 Å². The van der Waals surface area contributed by atoms with Gasteiger partial charge in [0.15, 0.2) is 5.78 Å². The van der Waals surface area contributed by atoms with E-state index in [1.54, 1.807) is 0 Å². The summed E-state index contributed by atoms with van der Waals surface area (Å²) in [6, 6.07) is 9.31. The predicted molar refractivity (Wildman–Crippen MR) is 70.7 cm³/mol. The average Bonchev–Trinajstić information content (AvgIpc) is 2.36. The van der Waals surface area contributed by atoms with Crippen LogP contribution >= 0.6 is 0 Å². The van der Waals surface area contributed by atoms with Crippen LogP contribution in [0.4, 0.5) is 0 Å². The van der Waals surface area contributed by atoms with E-state index in [1.807, 2.05) is 51.1 Å². The molecule has 0 aliphatic rings. The van der Waals surface area contributed by atoms with E-state index in [9.17, 15) is 4.79 Å². The van der Waals surface area contributed by atoms with Gasteiger partial charge in [-0.3, -0.25) is 4.79 Å². The molecule has 0 amide bonds. The summed E-state index contributed by atoms with van der Waals surface area (Å²) in [5.41, 5.74) is 3.50. The Labute approximate surface area is 107 Å². The molecule has 0 spiro atoms. The van der Waals surface area contributed by atoms with E-state index < -0.39 is 0 Å². The zero-order valence-electron chi connectivity index (χ0n) is 10.9. The molecule has 2 aromatic rings. The third-order valence-corrected chi connectivity index (χ3v) is 3.03. The van der Waals surface area contributed by atoms with Crippen LogP contribution in [-0.2, 0) is 6.42 Å². The van der Waals surface area contributed by atoms with E-state index in [4.69, 9.17) is 0 Å². The highest BCUT2D eigenvalue weighted by Gasteiger charge is 2.12. The molecular weight excluding hydrogens is 224 g/mol. The molecule has 0 bridgehead atoms. The Bertz CT molecular complexity index is 577. The normalized spacial score (nSPS) is 10.4. The Balaban J connectivity index is 2.28. The van der Waals surface area contributed by atoms with Crippen LogP contribution in [-0.4, -0.2) is 15.8 Å². The fourth-order valence-corrected chi connectivity index (χ4v) is 1.89. The molecule has 0 saturated carbocycles. The molecule has 0 unspecified atom stereocenters. The van der Waals surface area contributed by atoms with Crippen molar-refractivity contribution in [3.63, 3.8) is 0 Å². The Hall–Kier alpha value is -2.03. The molecule has 92 valence electrons. The topological polar surface area (TPSA) is 42.9 Å². The molecule has 0 aliphatic carbocycles. The van der Waals surface area contributed by atoms with Crippen LogP contribution in [0.15, 0.2) is 30.3 Å². The number of ketones is 1. The maximum atomic E-state index is 12.1. The lowest BCUT2D eigenvalue weighted by atomic mass is 10.0. The van der Waals surface area contributed by atoms with Gasteiger partial charge in [-0.2, -0.15) is 0 Å². The van der Waals surface area contributed by atoms with Crippen LogP contribution < -0.4 is 0 Å². The van der Waals surface area contributed by atoms with E-state index in [0.29, 0.717) is 12.2 Å². The summed E-state index contributed by atoms with van der Waals surface area (Å²) in [6.45, 7) is 5.76. The smallest absolute Gasteiger partial charge is 0.168 e. The van der Waals surface area contributed by atoms with Crippen LogP contribution in [0.3, 0.4) is 0 Å². The van der Waals surface area contributed by atoms with Crippen molar-refractivity contribution in [2.45, 2.75) is 27.2 Å². The quantitative estimate of drug-likeness (QED) is 0.775. The molecule has 2 rings (SSSR count). The number of hydrogen-bond donors (Lipinski definition) is 0. The van der Waals surface area contributed by atoms with Crippen LogP contribution in [0.2, 0.25) is 0 Å². The maximum absolute atomic E-state index is 12.1. The minimum atomic E-state index is 0.0937. The molecule has 0 atom stereocenters. The Morgan fingerprint density at radius 3 is 2.39 bits per heavy atom. The molecule has 0 N–H and O–H groups in total. The van der Waals surface area contributed by atoms with Crippen molar-refractivity contribution < 1.29 is 4.79 Å². The van der Waals surface area contributed by atoms with Crippen LogP contribution in [0.1, 0.15) is 33.1 Å². The van der Waals surface area contributed by atoms with Gasteiger partial charge in [0.2, 0.25) is 0 Å². The largest absolute Gasteiger partial charge is 0.294 e. The average molecular weight is 240 g/mol. The van der Waals surface area contributed by atoms with Crippen molar-refractivity contribution in [1.82, 2.24) is 9.97 Å². The molecule has 0 fully saturated rings. The van der Waals surface area contributed by atoms with Gasteiger partial charge in [-0.05, 0) is 26.3 Å². The Kier molecular flexibility index (Phi) is 3.51. The second-order valence-electron chi connectivity index (χ2n) is 4.39. The lowest BCUT2D eigenvalue weighted by Gasteiger charge is -2.08. The number of aryl methyl sites for hydroxylation is 2. The van der Waals surface area contributed by atoms with Crippen molar-refractivity contribution >= 4 is 5.78 Å². The summed E-state index contributed by atoms with van der Waals surface area (Å²) in [5.74, 6) is 0.810. The fraction of sp³-hybridized carbons (Fsp3) is 0.267. The van der Waals surface area contributed by atoms with Crippen LogP contribution in [0, 0.1) is 20.8 Å². The van der Waals surface area contributed by atoms with E-state index >= 15 is 0 Å². The van der Waals surface area contributed by atoms with Crippen molar-refractivity contribution in [1.29, 1.82) is 0 Å². The minimum absolute atomic E-state index is 0.0937. The molecule has 3 heteroatoms. The summed E-state index contributed by atoms with van der Waals surface area (Å²) in [7, 11) is 0. The SMILES string of the molecule is Cc1nc(C)c(C)c(CC(=O)c2ccccc2)n1. The van der Waals surface area contributed by atoms with Crippen molar-refractivity contribution in [2.75, 3.05) is 0 Å². The molecule has 0 radical (unpaired) electrons. The fourth-order valence-electron chi connectivity index (χ4n) is 1.89. The summed E-state index contributed by atoms with van der Waals surface area (Å²) >= 11 is 0. The number of rotatable bonds is 3. The summed E-state index contributed by atoms with van der Waals surface area (Å²) in [4.78, 5) is 20.8. The zero-order chi connectivity index (χ0) is 13.1. The van der Waals surface area contributed by atoms with E-state index in [2.05, 4.69) is 9.97 Å². The summed E-state index contributed by atoms with van der Waals surface area (Å²) in [6.07, 6.45) is 0.333. The lowest BCUT2D eigenvalue weighted by Crippen LogP contribution is -2.09. The predicted octanol–water partition coefficient (Wildman–Crippen LogP) is 2.83. The first-order valence-corrected chi connectivity index (χ1v) is 5.97. The third kappa shape index (κ3) is 2.62. The van der Waals surface area contributed by atoms with Gasteiger partial charge >= 0.3 is 0 Å². The maximum Gasteiger partial charge on any atom is 0.168 e. The Morgan fingerprint density at radius 2 is 1.72 bits per heavy atom. The summed E-state index contributed by atoms with van der Waals surface area (Å²) in [5, 5.41) is 0. The molecule has 0 saturated heterocycles. The molecule has 18 heavy (non-hydrogen) atoms. The highest BCUT2D eigenvalue weighted by molar-refractivity contribution is 5.97. The second kappa shape index (κ2) is 5.08. The van der Waals surface area contributed by atoms with Crippen molar-refractivity contribution in [3.05, 3.63) is 58.7 Å². The molecule has 0 aliphatic heterocycles. The summed E-state index contributed by atoms with van der Waals surface area (Å²) < 4.78 is 0. The molecule has 1 aromatic heterocycles. The number of hydrogen-bond acceptors (Lipinski definition) is 3. The lowest BCUT2D eigenvalue weighted by molar-refractivity contribution is 0.0991. The van der Waals surface area contributed by atoms with Gasteiger partial charge in [-0.25, -0.2) is 9.97 Å². The standard InChI is InChI=1S/C15H16N2O/c1-10-11(2)16-12(3)17-14(10)9-15(18)13-7-5-4-6-8-13/h4-8H,9H2,1-3H3. The molecule has 1 heterocycles. The first kappa shape index (κ1) is 12.4. The van der Waals surface area contributed by atoms with E-state index in [0.717, 1.165) is 22.5 Å². The number of nitrogens with zero attached hydrogens (tertiary/aromatic N) is 2. The van der Waals surface area contributed by atoms with Gasteiger partial charge in [-0.15, -0.1) is 0 Å². The second-order valence-corrected chi connectivity index (χ2v) is 4.39. The number of Topliss-reactive ketones (excluding diaryl/α,β-unsaturated/α-hetero) is 1. The highest BCUT2D eigenvalue weighted by Crippen LogP contribution is 2.12. The van der Waals surface area contributed by atoms with E-state index in [1.165, 1.54) is 0 Å². The highest BCUT2D eigenvalue weighted by atomic mass is 16.1. The number of carbonyl (C=O) groups excluding carboxylic acids is 1. The minimum Gasteiger partial charge on any atom is -0.294 e. The number of carbonyl (C=O) groups is 1. The van der Waals surface area contributed by atoms with Crippen molar-refractivity contribution in [3.8, 4) is 0 Å². The first-order valence-electron chi connectivity index (χ1n) is 5.97. The van der Waals surface area contributed by atoms with Crippen LogP contribution in [0.25, 0.3) is 0 Å². The van der Waals surface area contributed by atoms with Gasteiger partial charge < -0.3 is 0 Å². The molecule has 1 aromatic carbocycles. The molecular formula is C15H16N2O. The van der Waals surface area contributed by atoms with Gasteiger partial charge in [0.1, 0.15) is 5.82 Å². The van der Waals surface area contributed by atoms with Gasteiger partial charge in [0.05, 0.1) is 12.1 Å². The Morgan fingerprint density at radius 1 is 1.06 bits per heavy atom. The van der Waals surface area contributed by atoms with Gasteiger partial charge in [0, 0.05) is 11.3 Å². The van der Waals surface area contributed by atoms with Gasteiger partial charge in [-0.1, -0.05) is 30.3 Å². The van der Waals surface area contributed by atoms with Crippen molar-refractivity contribution in [2.24, 2.45) is 0 Å². The first-order chi connectivity index (χ1) is 8.58. The molecule has 3 nitrogen and oxygen atoms in total.